The summed E-state index contributed by atoms with van der Waals surface area (Å²) in [5.41, 5.74) is 9.65. The Balaban J connectivity index is 1.46. The van der Waals surface area contributed by atoms with Gasteiger partial charge in [-0.1, -0.05) is 48.5 Å². The van der Waals surface area contributed by atoms with Gasteiger partial charge in [0.15, 0.2) is 0 Å². The molecule has 1 fully saturated rings. The lowest BCUT2D eigenvalue weighted by Gasteiger charge is -2.16. The lowest BCUT2D eigenvalue weighted by Crippen LogP contribution is -2.23. The van der Waals surface area contributed by atoms with Gasteiger partial charge in [0, 0.05) is 31.7 Å². The fourth-order valence-electron chi connectivity index (χ4n) is 3.81. The molecule has 0 amide bonds. The largest absolute Gasteiger partial charge is 0.330 e. The van der Waals surface area contributed by atoms with Gasteiger partial charge >= 0.3 is 0 Å². The minimum atomic E-state index is 0.513. The standard InChI is InChI=1S/C21H24N4/c22-13-18-14-24(16-21(18)17-7-3-1-4-8-17)15-19-11-12-25(23-19)20-9-5-2-6-10-20/h1-12,18,21H,13-16,22H2/t18-,21+/m1/s1. The highest BCUT2D eigenvalue weighted by Crippen LogP contribution is 2.32. The number of nitrogens with zero attached hydrogens (tertiary/aromatic N) is 3. The van der Waals surface area contributed by atoms with Crippen LogP contribution in [0.1, 0.15) is 17.2 Å². The zero-order chi connectivity index (χ0) is 17.1. The van der Waals surface area contributed by atoms with Gasteiger partial charge in [-0.05, 0) is 36.2 Å². The Hall–Kier alpha value is -2.43. The maximum absolute atomic E-state index is 6.05. The van der Waals surface area contributed by atoms with Crippen LogP contribution in [0.5, 0.6) is 0 Å². The molecule has 0 aliphatic carbocycles. The highest BCUT2D eigenvalue weighted by Gasteiger charge is 2.32. The first kappa shape index (κ1) is 16.1. The predicted octanol–water partition coefficient (Wildman–Crippen LogP) is 3.05. The van der Waals surface area contributed by atoms with Gasteiger partial charge in [0.25, 0.3) is 0 Å². The van der Waals surface area contributed by atoms with Gasteiger partial charge in [0.2, 0.25) is 0 Å². The van der Waals surface area contributed by atoms with Crippen LogP contribution in [0.2, 0.25) is 0 Å². The number of para-hydroxylation sites is 1. The summed E-state index contributed by atoms with van der Waals surface area (Å²) in [6, 6.07) is 23.1. The van der Waals surface area contributed by atoms with Crippen molar-refractivity contribution in [3.8, 4) is 5.69 Å². The fourth-order valence-corrected chi connectivity index (χ4v) is 3.81. The summed E-state index contributed by atoms with van der Waals surface area (Å²) in [7, 11) is 0. The van der Waals surface area contributed by atoms with Crippen LogP contribution in [0.4, 0.5) is 0 Å². The number of aromatic nitrogens is 2. The molecular weight excluding hydrogens is 308 g/mol. The monoisotopic (exact) mass is 332 g/mol. The minimum Gasteiger partial charge on any atom is -0.330 e. The molecule has 128 valence electrons. The Kier molecular flexibility index (Phi) is 4.63. The molecule has 3 aromatic rings. The van der Waals surface area contributed by atoms with Crippen molar-refractivity contribution in [1.29, 1.82) is 0 Å². The maximum Gasteiger partial charge on any atom is 0.0769 e. The van der Waals surface area contributed by atoms with Gasteiger partial charge in [-0.15, -0.1) is 0 Å². The third kappa shape index (κ3) is 3.50. The van der Waals surface area contributed by atoms with Crippen molar-refractivity contribution in [2.24, 2.45) is 11.7 Å². The number of benzene rings is 2. The average Bonchev–Trinajstić information content (AvgIpc) is 3.30. The lowest BCUT2D eigenvalue weighted by molar-refractivity contribution is 0.312. The Morgan fingerprint density at radius 3 is 2.36 bits per heavy atom. The second-order valence-electron chi connectivity index (χ2n) is 6.79. The summed E-state index contributed by atoms with van der Waals surface area (Å²) in [5.74, 6) is 1.03. The first-order valence-electron chi connectivity index (χ1n) is 8.91. The van der Waals surface area contributed by atoms with E-state index in [1.807, 2.05) is 29.1 Å². The van der Waals surface area contributed by atoms with Crippen LogP contribution < -0.4 is 5.73 Å². The molecule has 2 aromatic carbocycles. The third-order valence-electron chi connectivity index (χ3n) is 5.10. The van der Waals surface area contributed by atoms with Gasteiger partial charge in [-0.2, -0.15) is 5.10 Å². The molecule has 25 heavy (non-hydrogen) atoms. The number of hydrogen-bond acceptors (Lipinski definition) is 3. The zero-order valence-corrected chi connectivity index (χ0v) is 14.3. The van der Waals surface area contributed by atoms with Crippen LogP contribution in [-0.2, 0) is 6.54 Å². The summed E-state index contributed by atoms with van der Waals surface area (Å²) >= 11 is 0. The van der Waals surface area contributed by atoms with Crippen molar-refractivity contribution < 1.29 is 0 Å². The van der Waals surface area contributed by atoms with Crippen LogP contribution in [0.15, 0.2) is 72.9 Å². The van der Waals surface area contributed by atoms with Crippen LogP contribution in [0.3, 0.4) is 0 Å². The van der Waals surface area contributed by atoms with E-state index in [-0.39, 0.29) is 0 Å². The van der Waals surface area contributed by atoms with Crippen LogP contribution in [0, 0.1) is 5.92 Å². The van der Waals surface area contributed by atoms with E-state index in [0.717, 1.165) is 37.6 Å². The topological polar surface area (TPSA) is 47.1 Å². The van der Waals surface area contributed by atoms with E-state index in [4.69, 9.17) is 10.8 Å². The van der Waals surface area contributed by atoms with Crippen molar-refractivity contribution >= 4 is 0 Å². The number of rotatable bonds is 5. The number of hydrogen-bond donors (Lipinski definition) is 1. The van der Waals surface area contributed by atoms with E-state index in [0.29, 0.717) is 11.8 Å². The molecule has 0 unspecified atom stereocenters. The Morgan fingerprint density at radius 2 is 1.64 bits per heavy atom. The molecule has 4 nitrogen and oxygen atoms in total. The molecule has 2 atom stereocenters. The summed E-state index contributed by atoms with van der Waals surface area (Å²) in [6.07, 6.45) is 2.04. The van der Waals surface area contributed by atoms with Crippen molar-refractivity contribution in [3.05, 3.63) is 84.2 Å². The minimum absolute atomic E-state index is 0.513. The lowest BCUT2D eigenvalue weighted by atomic mass is 9.89. The summed E-state index contributed by atoms with van der Waals surface area (Å²) in [6.45, 7) is 3.69. The molecule has 2 N–H and O–H groups in total. The van der Waals surface area contributed by atoms with Crippen molar-refractivity contribution in [3.63, 3.8) is 0 Å². The second-order valence-corrected chi connectivity index (χ2v) is 6.79. The molecule has 2 heterocycles. The Morgan fingerprint density at radius 1 is 0.920 bits per heavy atom. The van der Waals surface area contributed by atoms with E-state index in [1.54, 1.807) is 0 Å². The first-order chi connectivity index (χ1) is 12.3. The van der Waals surface area contributed by atoms with Crippen LogP contribution >= 0.6 is 0 Å². The van der Waals surface area contributed by atoms with E-state index >= 15 is 0 Å². The van der Waals surface area contributed by atoms with Gasteiger partial charge in [0.05, 0.1) is 11.4 Å². The number of likely N-dealkylation sites (tertiary alicyclic amines) is 1. The van der Waals surface area contributed by atoms with Gasteiger partial charge in [-0.3, -0.25) is 4.90 Å². The Bertz CT molecular complexity index is 797. The van der Waals surface area contributed by atoms with Gasteiger partial charge in [0.1, 0.15) is 0 Å². The summed E-state index contributed by atoms with van der Waals surface area (Å²) in [4.78, 5) is 2.48. The van der Waals surface area contributed by atoms with Crippen molar-refractivity contribution in [2.75, 3.05) is 19.6 Å². The molecular formula is C21H24N4. The predicted molar refractivity (Wildman–Crippen MR) is 101 cm³/mol. The molecule has 1 aliphatic rings. The van der Waals surface area contributed by atoms with E-state index in [2.05, 4.69) is 53.4 Å². The Labute approximate surface area is 148 Å². The van der Waals surface area contributed by atoms with E-state index in [9.17, 15) is 0 Å². The maximum atomic E-state index is 6.05. The molecule has 0 bridgehead atoms. The second kappa shape index (κ2) is 7.21. The molecule has 0 saturated carbocycles. The molecule has 4 rings (SSSR count). The van der Waals surface area contributed by atoms with Crippen LogP contribution in [-0.4, -0.2) is 34.3 Å². The molecule has 1 saturated heterocycles. The fraction of sp³-hybridized carbons (Fsp3) is 0.286. The normalized spacial score (nSPS) is 20.8. The average molecular weight is 332 g/mol. The van der Waals surface area contributed by atoms with E-state index < -0.39 is 0 Å². The third-order valence-corrected chi connectivity index (χ3v) is 5.10. The highest BCUT2D eigenvalue weighted by atomic mass is 15.3. The quantitative estimate of drug-likeness (QED) is 0.781. The number of nitrogens with two attached hydrogens (primary N) is 1. The first-order valence-corrected chi connectivity index (χ1v) is 8.91. The summed E-state index contributed by atoms with van der Waals surface area (Å²) in [5, 5.41) is 4.74. The molecule has 0 spiro atoms. The SMILES string of the molecule is NC[C@@H]1CN(Cc2ccn(-c3ccccc3)n2)C[C@H]1c1ccccc1. The molecule has 0 radical (unpaired) electrons. The van der Waals surface area contributed by atoms with Crippen LogP contribution in [0.25, 0.3) is 5.69 Å². The summed E-state index contributed by atoms with van der Waals surface area (Å²) < 4.78 is 1.94. The van der Waals surface area contributed by atoms with Crippen molar-refractivity contribution in [1.82, 2.24) is 14.7 Å². The zero-order valence-electron chi connectivity index (χ0n) is 14.3. The van der Waals surface area contributed by atoms with Gasteiger partial charge in [-0.25, -0.2) is 4.68 Å². The molecule has 4 heteroatoms. The van der Waals surface area contributed by atoms with Gasteiger partial charge < -0.3 is 5.73 Å². The highest BCUT2D eigenvalue weighted by molar-refractivity contribution is 5.30. The smallest absolute Gasteiger partial charge is 0.0769 e. The molecule has 1 aromatic heterocycles. The molecule has 1 aliphatic heterocycles. The van der Waals surface area contributed by atoms with Crippen molar-refractivity contribution in [2.45, 2.75) is 12.5 Å². The van der Waals surface area contributed by atoms with E-state index in [1.165, 1.54) is 5.56 Å².